The third kappa shape index (κ3) is 3.75. The average molecular weight is 283 g/mol. The Morgan fingerprint density at radius 1 is 1.14 bits per heavy atom. The number of nitrogens with one attached hydrogen (secondary N) is 1. The lowest BCUT2D eigenvalue weighted by Gasteiger charge is -2.13. The summed E-state index contributed by atoms with van der Waals surface area (Å²) in [6, 6.07) is 13.4. The highest BCUT2D eigenvalue weighted by atomic mass is 16.1. The van der Waals surface area contributed by atoms with Crippen LogP contribution >= 0.6 is 0 Å². The fraction of sp³-hybridized carbons (Fsp3) is 0.235. The lowest BCUT2D eigenvalue weighted by molar-refractivity contribution is 0.0951. The van der Waals surface area contributed by atoms with Crippen LogP contribution in [0.15, 0.2) is 42.5 Å². The molecule has 0 aliphatic heterocycles. The Morgan fingerprint density at radius 3 is 2.38 bits per heavy atom. The van der Waals surface area contributed by atoms with Gasteiger partial charge in [0.05, 0.1) is 0 Å². The number of hydrogen-bond donors (Lipinski definition) is 2. The minimum absolute atomic E-state index is 0.113. The Balaban J connectivity index is 1.98. The number of nitrogen functional groups attached to an aromatic ring is 1. The second-order valence-corrected chi connectivity index (χ2v) is 5.31. The predicted molar refractivity (Wildman–Crippen MR) is 87.5 cm³/mol. The van der Waals surface area contributed by atoms with Gasteiger partial charge >= 0.3 is 0 Å². The first-order valence-corrected chi connectivity index (χ1v) is 6.88. The molecule has 0 aliphatic rings. The maximum absolute atomic E-state index is 12.1. The van der Waals surface area contributed by atoms with Crippen LogP contribution in [0.1, 0.15) is 21.5 Å². The summed E-state index contributed by atoms with van der Waals surface area (Å²) in [5.41, 5.74) is 10.2. The summed E-state index contributed by atoms with van der Waals surface area (Å²) in [6.45, 7) is 2.42. The van der Waals surface area contributed by atoms with Gasteiger partial charge in [0.15, 0.2) is 0 Å². The molecule has 3 N–H and O–H groups in total. The van der Waals surface area contributed by atoms with Gasteiger partial charge in [0.25, 0.3) is 5.91 Å². The molecule has 0 spiro atoms. The van der Waals surface area contributed by atoms with E-state index in [-0.39, 0.29) is 5.91 Å². The lowest BCUT2D eigenvalue weighted by atomic mass is 10.1. The zero-order valence-corrected chi connectivity index (χ0v) is 12.7. The predicted octanol–water partition coefficient (Wildman–Crippen LogP) is 2.57. The molecule has 0 fully saturated rings. The number of nitrogens with zero attached hydrogens (tertiary/aromatic N) is 1. The van der Waals surface area contributed by atoms with Crippen LogP contribution in [-0.2, 0) is 6.54 Å². The fourth-order valence-corrected chi connectivity index (χ4v) is 1.98. The van der Waals surface area contributed by atoms with Crippen LogP contribution in [-0.4, -0.2) is 20.0 Å². The molecular weight excluding hydrogens is 262 g/mol. The monoisotopic (exact) mass is 283 g/mol. The Bertz CT molecular complexity index is 633. The standard InChI is InChI=1S/C17H21N3O/c1-12-4-7-14(10-16(12)18)17(21)19-11-13-5-8-15(9-6-13)20(2)3/h4-10H,11,18H2,1-3H3,(H,19,21). The molecule has 0 aromatic heterocycles. The molecule has 2 aromatic rings. The minimum atomic E-state index is -0.113. The quantitative estimate of drug-likeness (QED) is 0.848. The van der Waals surface area contributed by atoms with Gasteiger partial charge < -0.3 is 16.0 Å². The van der Waals surface area contributed by atoms with Crippen molar-refractivity contribution in [3.05, 3.63) is 59.2 Å². The summed E-state index contributed by atoms with van der Waals surface area (Å²) in [5.74, 6) is -0.113. The molecule has 0 saturated heterocycles. The van der Waals surface area contributed by atoms with Crippen molar-refractivity contribution in [2.24, 2.45) is 0 Å². The molecular formula is C17H21N3O. The number of hydrogen-bond acceptors (Lipinski definition) is 3. The van der Waals surface area contributed by atoms with E-state index >= 15 is 0 Å². The number of benzene rings is 2. The maximum Gasteiger partial charge on any atom is 0.251 e. The second kappa shape index (κ2) is 6.31. The summed E-state index contributed by atoms with van der Waals surface area (Å²) in [5, 5.41) is 2.90. The normalized spacial score (nSPS) is 10.2. The van der Waals surface area contributed by atoms with E-state index in [2.05, 4.69) is 5.32 Å². The van der Waals surface area contributed by atoms with Gasteiger partial charge in [-0.1, -0.05) is 18.2 Å². The summed E-state index contributed by atoms with van der Waals surface area (Å²) >= 11 is 0. The first-order chi connectivity index (χ1) is 9.97. The maximum atomic E-state index is 12.1. The fourth-order valence-electron chi connectivity index (χ4n) is 1.98. The number of anilines is 2. The first kappa shape index (κ1) is 14.9. The molecule has 0 aliphatic carbocycles. The molecule has 2 aromatic carbocycles. The molecule has 0 atom stereocenters. The van der Waals surface area contributed by atoms with Crippen LogP contribution in [0.4, 0.5) is 11.4 Å². The third-order valence-corrected chi connectivity index (χ3v) is 3.45. The van der Waals surface area contributed by atoms with Gasteiger partial charge in [-0.2, -0.15) is 0 Å². The number of rotatable bonds is 4. The van der Waals surface area contributed by atoms with E-state index in [0.717, 1.165) is 16.8 Å². The largest absolute Gasteiger partial charge is 0.398 e. The highest BCUT2D eigenvalue weighted by Crippen LogP contribution is 2.14. The van der Waals surface area contributed by atoms with E-state index in [1.54, 1.807) is 12.1 Å². The van der Waals surface area contributed by atoms with Crippen molar-refractivity contribution in [1.82, 2.24) is 5.32 Å². The van der Waals surface area contributed by atoms with Crippen molar-refractivity contribution in [2.45, 2.75) is 13.5 Å². The van der Waals surface area contributed by atoms with Crippen molar-refractivity contribution in [3.8, 4) is 0 Å². The third-order valence-electron chi connectivity index (χ3n) is 3.45. The zero-order valence-electron chi connectivity index (χ0n) is 12.7. The number of aryl methyl sites for hydroxylation is 1. The Hall–Kier alpha value is -2.49. The molecule has 0 unspecified atom stereocenters. The number of nitrogens with two attached hydrogens (primary N) is 1. The van der Waals surface area contributed by atoms with E-state index in [1.165, 1.54) is 0 Å². The topological polar surface area (TPSA) is 58.4 Å². The Labute approximate surface area is 125 Å². The van der Waals surface area contributed by atoms with Crippen LogP contribution in [0.2, 0.25) is 0 Å². The van der Waals surface area contributed by atoms with Gasteiger partial charge in [0.2, 0.25) is 0 Å². The van der Waals surface area contributed by atoms with Gasteiger partial charge in [-0.3, -0.25) is 4.79 Å². The highest BCUT2D eigenvalue weighted by molar-refractivity contribution is 5.95. The van der Waals surface area contributed by atoms with Crippen LogP contribution in [0.25, 0.3) is 0 Å². The number of amides is 1. The van der Waals surface area contributed by atoms with Gasteiger partial charge in [-0.25, -0.2) is 0 Å². The van der Waals surface area contributed by atoms with Gasteiger partial charge in [-0.05, 0) is 42.3 Å². The van der Waals surface area contributed by atoms with Crippen LogP contribution in [0, 0.1) is 6.92 Å². The summed E-state index contributed by atoms with van der Waals surface area (Å²) in [6.07, 6.45) is 0. The van der Waals surface area contributed by atoms with E-state index < -0.39 is 0 Å². The highest BCUT2D eigenvalue weighted by Gasteiger charge is 2.06. The molecule has 110 valence electrons. The van der Waals surface area contributed by atoms with Crippen molar-refractivity contribution in [2.75, 3.05) is 24.7 Å². The zero-order chi connectivity index (χ0) is 15.4. The molecule has 4 heteroatoms. The van der Waals surface area contributed by atoms with Crippen molar-refractivity contribution >= 4 is 17.3 Å². The van der Waals surface area contributed by atoms with Crippen LogP contribution in [0.3, 0.4) is 0 Å². The van der Waals surface area contributed by atoms with Gasteiger partial charge in [0, 0.05) is 37.6 Å². The first-order valence-electron chi connectivity index (χ1n) is 6.88. The smallest absolute Gasteiger partial charge is 0.251 e. The molecule has 0 saturated carbocycles. The lowest BCUT2D eigenvalue weighted by Crippen LogP contribution is -2.23. The SMILES string of the molecule is Cc1ccc(C(=O)NCc2ccc(N(C)C)cc2)cc1N. The van der Waals surface area contributed by atoms with Gasteiger partial charge in [-0.15, -0.1) is 0 Å². The van der Waals surface area contributed by atoms with Crippen molar-refractivity contribution < 1.29 is 4.79 Å². The molecule has 0 bridgehead atoms. The average Bonchev–Trinajstić information content (AvgIpc) is 2.48. The molecule has 1 amide bonds. The molecule has 0 heterocycles. The Kier molecular flexibility index (Phi) is 4.48. The number of carbonyl (C=O) groups excluding carboxylic acids is 1. The van der Waals surface area contributed by atoms with E-state index in [1.807, 2.05) is 56.3 Å². The van der Waals surface area contributed by atoms with Crippen LogP contribution < -0.4 is 16.0 Å². The van der Waals surface area contributed by atoms with Crippen molar-refractivity contribution in [3.63, 3.8) is 0 Å². The summed E-state index contributed by atoms with van der Waals surface area (Å²) < 4.78 is 0. The van der Waals surface area contributed by atoms with Crippen molar-refractivity contribution in [1.29, 1.82) is 0 Å². The van der Waals surface area contributed by atoms with Crippen LogP contribution in [0.5, 0.6) is 0 Å². The van der Waals surface area contributed by atoms with E-state index in [4.69, 9.17) is 5.73 Å². The van der Waals surface area contributed by atoms with Gasteiger partial charge in [0.1, 0.15) is 0 Å². The number of carbonyl (C=O) groups is 1. The Morgan fingerprint density at radius 2 is 1.81 bits per heavy atom. The summed E-state index contributed by atoms with van der Waals surface area (Å²) in [7, 11) is 4.00. The summed E-state index contributed by atoms with van der Waals surface area (Å²) in [4.78, 5) is 14.1. The molecule has 4 nitrogen and oxygen atoms in total. The van der Waals surface area contributed by atoms with E-state index in [9.17, 15) is 4.79 Å². The molecule has 0 radical (unpaired) electrons. The van der Waals surface area contributed by atoms with E-state index in [0.29, 0.717) is 17.8 Å². The second-order valence-electron chi connectivity index (χ2n) is 5.31. The molecule has 21 heavy (non-hydrogen) atoms. The minimum Gasteiger partial charge on any atom is -0.398 e. The molecule has 2 rings (SSSR count).